The number of likely N-dealkylation sites (N-methyl/N-ethyl adjacent to an activating group) is 1. The monoisotopic (exact) mass is 387 g/mol. The maximum absolute atomic E-state index is 12.5. The maximum Gasteiger partial charge on any atom is 0.317 e. The number of hydrogen-bond acceptors (Lipinski definition) is 6. The van der Waals surface area contributed by atoms with Crippen molar-refractivity contribution in [1.82, 2.24) is 30.0 Å². The fourth-order valence-corrected chi connectivity index (χ4v) is 3.59. The number of fused-ring (bicyclic) bond motifs is 1. The van der Waals surface area contributed by atoms with Gasteiger partial charge in [-0.2, -0.15) is 4.52 Å². The first kappa shape index (κ1) is 18.9. The molecule has 2 aromatic heterocycles. The highest BCUT2D eigenvalue weighted by molar-refractivity contribution is 5.75. The first-order chi connectivity index (χ1) is 13.3. The highest BCUT2D eigenvalue weighted by atomic mass is 16.5. The SMILES string of the molecule is CN(C(=O)NC1CCOCC1)C1CN(c2ccc3nnc(C(C)(C)C)n3n2)C1. The Morgan fingerprint density at radius 1 is 1.21 bits per heavy atom. The average molecular weight is 387 g/mol. The summed E-state index contributed by atoms with van der Waals surface area (Å²) in [6, 6.07) is 4.30. The molecule has 0 bridgehead atoms. The second kappa shape index (κ2) is 7.20. The van der Waals surface area contributed by atoms with Crippen LogP contribution in [0.3, 0.4) is 0 Å². The Labute approximate surface area is 165 Å². The summed E-state index contributed by atoms with van der Waals surface area (Å²) >= 11 is 0. The largest absolute Gasteiger partial charge is 0.381 e. The van der Waals surface area contributed by atoms with E-state index in [0.29, 0.717) is 0 Å². The summed E-state index contributed by atoms with van der Waals surface area (Å²) in [6.07, 6.45) is 1.77. The van der Waals surface area contributed by atoms with Crippen LogP contribution in [-0.4, -0.2) is 76.2 Å². The van der Waals surface area contributed by atoms with Crippen LogP contribution in [-0.2, 0) is 10.2 Å². The third-order valence-electron chi connectivity index (χ3n) is 5.52. The molecule has 0 aliphatic carbocycles. The zero-order chi connectivity index (χ0) is 19.9. The van der Waals surface area contributed by atoms with E-state index in [4.69, 9.17) is 9.84 Å². The van der Waals surface area contributed by atoms with Crippen molar-refractivity contribution < 1.29 is 9.53 Å². The lowest BCUT2D eigenvalue weighted by Crippen LogP contribution is -2.62. The Bertz CT molecular complexity index is 848. The number of ether oxygens (including phenoxy) is 1. The number of rotatable bonds is 3. The van der Waals surface area contributed by atoms with E-state index in [1.54, 1.807) is 0 Å². The minimum absolute atomic E-state index is 0.00575. The van der Waals surface area contributed by atoms with Crippen molar-refractivity contribution in [3.05, 3.63) is 18.0 Å². The van der Waals surface area contributed by atoms with Crippen LogP contribution in [0.4, 0.5) is 10.6 Å². The molecule has 0 aromatic carbocycles. The molecular formula is C19H29N7O2. The minimum Gasteiger partial charge on any atom is -0.381 e. The molecule has 152 valence electrons. The molecule has 0 spiro atoms. The van der Waals surface area contributed by atoms with Crippen molar-refractivity contribution in [2.24, 2.45) is 0 Å². The predicted octanol–water partition coefficient (Wildman–Crippen LogP) is 1.43. The Hall–Kier alpha value is -2.42. The molecule has 0 saturated carbocycles. The van der Waals surface area contributed by atoms with Gasteiger partial charge in [-0.15, -0.1) is 15.3 Å². The van der Waals surface area contributed by atoms with E-state index < -0.39 is 0 Å². The minimum atomic E-state index is -0.134. The molecule has 2 aromatic rings. The molecule has 2 aliphatic heterocycles. The maximum atomic E-state index is 12.5. The summed E-state index contributed by atoms with van der Waals surface area (Å²) in [6.45, 7) is 9.28. The van der Waals surface area contributed by atoms with E-state index >= 15 is 0 Å². The number of carbonyl (C=O) groups is 1. The summed E-state index contributed by atoms with van der Waals surface area (Å²) in [5, 5.41) is 16.4. The first-order valence-electron chi connectivity index (χ1n) is 9.92. The number of hydrogen-bond donors (Lipinski definition) is 1. The molecule has 4 rings (SSSR count). The van der Waals surface area contributed by atoms with Gasteiger partial charge < -0.3 is 19.9 Å². The van der Waals surface area contributed by atoms with Gasteiger partial charge in [0.15, 0.2) is 11.5 Å². The van der Waals surface area contributed by atoms with Crippen LogP contribution in [0.5, 0.6) is 0 Å². The molecule has 2 fully saturated rings. The van der Waals surface area contributed by atoms with Crippen LogP contribution in [0.2, 0.25) is 0 Å². The number of carbonyl (C=O) groups excluding carboxylic acids is 1. The summed E-state index contributed by atoms with van der Waals surface area (Å²) in [4.78, 5) is 16.5. The molecule has 2 aliphatic rings. The van der Waals surface area contributed by atoms with Crippen molar-refractivity contribution >= 4 is 17.5 Å². The first-order valence-corrected chi connectivity index (χ1v) is 9.92. The van der Waals surface area contributed by atoms with Crippen LogP contribution < -0.4 is 10.2 Å². The molecule has 28 heavy (non-hydrogen) atoms. The zero-order valence-electron chi connectivity index (χ0n) is 17.1. The molecule has 0 radical (unpaired) electrons. The number of anilines is 1. The summed E-state index contributed by atoms with van der Waals surface area (Å²) in [5.74, 6) is 1.72. The normalized spacial score (nSPS) is 18.9. The van der Waals surface area contributed by atoms with Crippen LogP contribution in [0.15, 0.2) is 12.1 Å². The Kier molecular flexibility index (Phi) is 4.86. The number of amides is 2. The lowest BCUT2D eigenvalue weighted by Gasteiger charge is -2.44. The molecular weight excluding hydrogens is 358 g/mol. The lowest BCUT2D eigenvalue weighted by atomic mass is 9.96. The number of aromatic nitrogens is 4. The second-order valence-corrected chi connectivity index (χ2v) is 8.74. The van der Waals surface area contributed by atoms with Crippen LogP contribution in [0, 0.1) is 0 Å². The summed E-state index contributed by atoms with van der Waals surface area (Å²) in [7, 11) is 1.87. The van der Waals surface area contributed by atoms with E-state index in [-0.39, 0.29) is 23.5 Å². The van der Waals surface area contributed by atoms with Gasteiger partial charge in [0.25, 0.3) is 0 Å². The van der Waals surface area contributed by atoms with Gasteiger partial charge in [0.05, 0.1) is 6.04 Å². The molecule has 9 heteroatoms. The van der Waals surface area contributed by atoms with Gasteiger partial charge in [-0.05, 0) is 25.0 Å². The van der Waals surface area contributed by atoms with Crippen molar-refractivity contribution in [2.45, 2.75) is 51.1 Å². The van der Waals surface area contributed by atoms with Crippen molar-refractivity contribution in [1.29, 1.82) is 0 Å². The van der Waals surface area contributed by atoms with Crippen molar-refractivity contribution in [3.8, 4) is 0 Å². The molecule has 9 nitrogen and oxygen atoms in total. The summed E-state index contributed by atoms with van der Waals surface area (Å²) in [5.41, 5.74) is 0.615. The zero-order valence-corrected chi connectivity index (χ0v) is 17.1. The second-order valence-electron chi connectivity index (χ2n) is 8.74. The van der Waals surface area contributed by atoms with E-state index in [0.717, 1.165) is 56.4 Å². The predicted molar refractivity (Wildman–Crippen MR) is 106 cm³/mol. The van der Waals surface area contributed by atoms with Gasteiger partial charge in [-0.1, -0.05) is 20.8 Å². The van der Waals surface area contributed by atoms with Gasteiger partial charge in [0.1, 0.15) is 5.82 Å². The fourth-order valence-electron chi connectivity index (χ4n) is 3.59. The number of nitrogens with one attached hydrogen (secondary N) is 1. The van der Waals surface area contributed by atoms with E-state index in [2.05, 4.69) is 41.2 Å². The Morgan fingerprint density at radius 2 is 1.93 bits per heavy atom. The van der Waals surface area contributed by atoms with Crippen molar-refractivity contribution in [2.75, 3.05) is 38.3 Å². The number of nitrogens with zero attached hydrogens (tertiary/aromatic N) is 6. The van der Waals surface area contributed by atoms with Crippen LogP contribution in [0.1, 0.15) is 39.4 Å². The van der Waals surface area contributed by atoms with Gasteiger partial charge in [0.2, 0.25) is 0 Å². The Morgan fingerprint density at radius 3 is 2.61 bits per heavy atom. The van der Waals surface area contributed by atoms with Gasteiger partial charge in [0, 0.05) is 44.8 Å². The van der Waals surface area contributed by atoms with Gasteiger partial charge >= 0.3 is 6.03 Å². The standard InChI is InChI=1S/C19H29N7O2/c1-19(2,3)17-22-21-15-5-6-16(23-26(15)17)25-11-14(12-25)24(4)18(27)20-13-7-9-28-10-8-13/h5-6,13-14H,7-12H2,1-4H3,(H,20,27). The van der Waals surface area contributed by atoms with E-state index in [9.17, 15) is 4.79 Å². The smallest absolute Gasteiger partial charge is 0.317 e. The topological polar surface area (TPSA) is 87.9 Å². The van der Waals surface area contributed by atoms with Crippen LogP contribution in [0.25, 0.3) is 5.65 Å². The molecule has 0 unspecified atom stereocenters. The average Bonchev–Trinajstić information content (AvgIpc) is 3.05. The fraction of sp³-hybridized carbons (Fsp3) is 0.684. The molecule has 2 amide bonds. The van der Waals surface area contributed by atoms with E-state index in [1.807, 2.05) is 28.6 Å². The Balaban J connectivity index is 1.38. The molecule has 1 N–H and O–H groups in total. The van der Waals surface area contributed by atoms with Crippen LogP contribution >= 0.6 is 0 Å². The molecule has 2 saturated heterocycles. The van der Waals surface area contributed by atoms with E-state index in [1.165, 1.54) is 0 Å². The number of urea groups is 1. The van der Waals surface area contributed by atoms with Gasteiger partial charge in [-0.3, -0.25) is 0 Å². The molecule has 0 atom stereocenters. The third kappa shape index (κ3) is 3.63. The lowest BCUT2D eigenvalue weighted by molar-refractivity contribution is 0.0773. The highest BCUT2D eigenvalue weighted by Gasteiger charge is 2.34. The van der Waals surface area contributed by atoms with Gasteiger partial charge in [-0.25, -0.2) is 4.79 Å². The third-order valence-corrected chi connectivity index (χ3v) is 5.52. The highest BCUT2D eigenvalue weighted by Crippen LogP contribution is 2.24. The molecule has 4 heterocycles. The van der Waals surface area contributed by atoms with Crippen molar-refractivity contribution in [3.63, 3.8) is 0 Å². The quantitative estimate of drug-likeness (QED) is 0.857. The summed E-state index contributed by atoms with van der Waals surface area (Å²) < 4.78 is 7.17.